The van der Waals surface area contributed by atoms with Crippen LogP contribution in [0.15, 0.2) is 84.2 Å². The minimum absolute atomic E-state index is 0.811. The van der Waals surface area contributed by atoms with Crippen molar-refractivity contribution in [2.45, 2.75) is 19.6 Å². The highest BCUT2D eigenvalue weighted by Gasteiger charge is 2.18. The van der Waals surface area contributed by atoms with Crippen LogP contribution in [0.3, 0.4) is 0 Å². The molecule has 0 saturated carbocycles. The van der Waals surface area contributed by atoms with Crippen molar-refractivity contribution >= 4 is 34.9 Å². The van der Waals surface area contributed by atoms with Gasteiger partial charge in [-0.2, -0.15) is 0 Å². The second-order valence-corrected chi connectivity index (χ2v) is 7.66. The quantitative estimate of drug-likeness (QED) is 0.446. The van der Waals surface area contributed by atoms with E-state index in [1.165, 1.54) is 4.90 Å². The van der Waals surface area contributed by atoms with Crippen LogP contribution in [-0.4, -0.2) is 7.11 Å². The monoisotopic (exact) mass is 348 g/mol. The van der Waals surface area contributed by atoms with Gasteiger partial charge in [0.2, 0.25) is 0 Å². The molecule has 116 valence electrons. The predicted molar refractivity (Wildman–Crippen MR) is 95.8 cm³/mol. The lowest BCUT2D eigenvalue weighted by atomic mass is 10.2. The summed E-state index contributed by atoms with van der Waals surface area (Å²) >= 11 is 3.48. The van der Waals surface area contributed by atoms with Crippen LogP contribution in [0.2, 0.25) is 0 Å². The van der Waals surface area contributed by atoms with Crippen molar-refractivity contribution in [3.05, 3.63) is 65.3 Å². The molecule has 0 saturated heterocycles. The number of nitrogens with zero attached hydrogens (tertiary/aromatic N) is 2. The third kappa shape index (κ3) is 2.16. The maximum Gasteiger partial charge on any atom is 0.145 e. The zero-order valence-corrected chi connectivity index (χ0v) is 14.4. The summed E-state index contributed by atoms with van der Waals surface area (Å²) in [5.41, 5.74) is 1.95. The van der Waals surface area contributed by atoms with Crippen LogP contribution in [0, 0.1) is 0 Å². The molecule has 0 unspecified atom stereocenters. The van der Waals surface area contributed by atoms with Crippen LogP contribution < -0.4 is 15.5 Å². The van der Waals surface area contributed by atoms with E-state index in [0.717, 1.165) is 42.5 Å². The Balaban J connectivity index is 1.74. The van der Waals surface area contributed by atoms with E-state index in [1.807, 2.05) is 24.3 Å². The standard InChI is InChI=1S/C19H12N2OS2/c1-22-14-6-4-8-16-19(14)21-13-10-17-12(9-18(13)24-16)20-11-5-2-3-7-15(11)23-17/h2-10H,1H3. The van der Waals surface area contributed by atoms with Crippen molar-refractivity contribution in [2.24, 2.45) is 9.98 Å². The lowest BCUT2D eigenvalue weighted by molar-refractivity contribution is 0.415. The summed E-state index contributed by atoms with van der Waals surface area (Å²) in [6, 6.07) is 18.5. The first kappa shape index (κ1) is 14.1. The molecule has 0 fully saturated rings. The first-order chi connectivity index (χ1) is 11.8. The molecule has 2 aliphatic rings. The van der Waals surface area contributed by atoms with Gasteiger partial charge in [0, 0.05) is 19.6 Å². The Hall–Kier alpha value is -2.24. The highest BCUT2D eigenvalue weighted by molar-refractivity contribution is 8.00. The molecule has 0 aromatic heterocycles. The molecule has 5 heteroatoms. The Bertz CT molecular complexity index is 1110. The maximum absolute atomic E-state index is 5.46. The Morgan fingerprint density at radius 2 is 1.46 bits per heavy atom. The average molecular weight is 348 g/mol. The van der Waals surface area contributed by atoms with Crippen LogP contribution in [-0.2, 0) is 0 Å². The van der Waals surface area contributed by atoms with Gasteiger partial charge >= 0.3 is 0 Å². The molecule has 3 nitrogen and oxygen atoms in total. The van der Waals surface area contributed by atoms with Crippen LogP contribution in [0.25, 0.3) is 0 Å². The summed E-state index contributed by atoms with van der Waals surface area (Å²) in [4.78, 5) is 14.2. The van der Waals surface area contributed by atoms with Gasteiger partial charge in [0.15, 0.2) is 0 Å². The third-order valence-corrected chi connectivity index (χ3v) is 6.21. The van der Waals surface area contributed by atoms with Gasteiger partial charge in [0.1, 0.15) is 11.4 Å². The van der Waals surface area contributed by atoms with Gasteiger partial charge in [-0.1, -0.05) is 41.7 Å². The summed E-state index contributed by atoms with van der Waals surface area (Å²) in [6.07, 6.45) is 0. The number of para-hydroxylation sites is 2. The van der Waals surface area contributed by atoms with Gasteiger partial charge in [0.25, 0.3) is 0 Å². The van der Waals surface area contributed by atoms with E-state index >= 15 is 0 Å². The van der Waals surface area contributed by atoms with E-state index in [-0.39, 0.29) is 0 Å². The molecule has 2 aliphatic heterocycles. The second kappa shape index (κ2) is 5.40. The van der Waals surface area contributed by atoms with Crippen LogP contribution in [0.5, 0.6) is 5.75 Å². The predicted octanol–water partition coefficient (Wildman–Crippen LogP) is 4.53. The lowest BCUT2D eigenvalue weighted by Gasteiger charge is -2.17. The summed E-state index contributed by atoms with van der Waals surface area (Å²) < 4.78 is 5.46. The molecule has 24 heavy (non-hydrogen) atoms. The fraction of sp³-hybridized carbons (Fsp3) is 0.0526. The van der Waals surface area contributed by atoms with Crippen molar-refractivity contribution in [3.63, 3.8) is 0 Å². The second-order valence-electron chi connectivity index (χ2n) is 5.49. The van der Waals surface area contributed by atoms with Crippen LogP contribution >= 0.6 is 23.5 Å². The lowest BCUT2D eigenvalue weighted by Crippen LogP contribution is -2.17. The van der Waals surface area contributed by atoms with Gasteiger partial charge in [-0.15, -0.1) is 0 Å². The summed E-state index contributed by atoms with van der Waals surface area (Å²) in [5.74, 6) is 0.811. The van der Waals surface area contributed by atoms with Gasteiger partial charge in [-0.05, 0) is 36.4 Å². The third-order valence-electron chi connectivity index (χ3n) is 4.00. The van der Waals surface area contributed by atoms with Crippen LogP contribution in [0.4, 0.5) is 11.4 Å². The molecule has 0 spiro atoms. The Labute approximate surface area is 147 Å². The molecule has 0 amide bonds. The van der Waals surface area contributed by atoms with Gasteiger partial charge in [-0.25, -0.2) is 9.98 Å². The molecule has 0 N–H and O–H groups in total. The molecule has 0 aliphatic carbocycles. The Kier molecular flexibility index (Phi) is 3.18. The van der Waals surface area contributed by atoms with E-state index in [9.17, 15) is 0 Å². The zero-order chi connectivity index (χ0) is 16.1. The molecule has 5 rings (SSSR count). The average Bonchev–Trinajstić information content (AvgIpc) is 2.62. The molecule has 3 aromatic rings. The molecular weight excluding hydrogens is 336 g/mol. The first-order valence-electron chi connectivity index (χ1n) is 7.55. The number of rotatable bonds is 1. The van der Waals surface area contributed by atoms with E-state index in [0.29, 0.717) is 0 Å². The summed E-state index contributed by atoms with van der Waals surface area (Å²) in [5, 5.41) is 2.00. The molecule has 2 heterocycles. The van der Waals surface area contributed by atoms with Crippen molar-refractivity contribution in [1.29, 1.82) is 0 Å². The molecule has 0 bridgehead atoms. The van der Waals surface area contributed by atoms with Crippen LogP contribution in [0.1, 0.15) is 0 Å². The van der Waals surface area contributed by atoms with Crippen molar-refractivity contribution in [1.82, 2.24) is 0 Å². The molecule has 0 atom stereocenters. The number of benzene rings is 3. The molecule has 3 aromatic carbocycles. The van der Waals surface area contributed by atoms with Crippen molar-refractivity contribution in [2.75, 3.05) is 7.11 Å². The number of ether oxygens (including phenoxy) is 1. The summed E-state index contributed by atoms with van der Waals surface area (Å²) in [6.45, 7) is 0. The number of methoxy groups -OCH3 is 1. The normalized spacial score (nSPS) is 13.5. The van der Waals surface area contributed by atoms with Crippen molar-refractivity contribution in [3.8, 4) is 5.75 Å². The minimum Gasteiger partial charge on any atom is -0.494 e. The highest BCUT2D eigenvalue weighted by Crippen LogP contribution is 2.43. The smallest absolute Gasteiger partial charge is 0.145 e. The molecule has 0 radical (unpaired) electrons. The largest absolute Gasteiger partial charge is 0.494 e. The SMILES string of the molecule is COc1cccc2c1N=c1cc3c(cc1S2)=Nc1ccccc1S3. The van der Waals surface area contributed by atoms with E-state index in [4.69, 9.17) is 14.7 Å². The molecular formula is C19H12N2OS2. The van der Waals surface area contributed by atoms with E-state index < -0.39 is 0 Å². The number of hydrogen-bond acceptors (Lipinski definition) is 5. The summed E-state index contributed by atoms with van der Waals surface area (Å²) in [7, 11) is 1.68. The van der Waals surface area contributed by atoms with Gasteiger partial charge < -0.3 is 4.74 Å². The number of fused-ring (bicyclic) bond motifs is 4. The highest BCUT2D eigenvalue weighted by atomic mass is 32.2. The van der Waals surface area contributed by atoms with E-state index in [2.05, 4.69) is 30.3 Å². The first-order valence-corrected chi connectivity index (χ1v) is 9.18. The maximum atomic E-state index is 5.46. The van der Waals surface area contributed by atoms with Crippen molar-refractivity contribution < 1.29 is 4.74 Å². The van der Waals surface area contributed by atoms with Gasteiger partial charge in [-0.3, -0.25) is 0 Å². The minimum atomic E-state index is 0.811. The fourth-order valence-corrected chi connectivity index (χ4v) is 4.85. The zero-order valence-electron chi connectivity index (χ0n) is 12.8. The Morgan fingerprint density at radius 3 is 2.29 bits per heavy atom. The van der Waals surface area contributed by atoms with E-state index in [1.54, 1.807) is 30.6 Å². The Morgan fingerprint density at radius 1 is 0.750 bits per heavy atom. The fourth-order valence-electron chi connectivity index (χ4n) is 2.86. The number of hydrogen-bond donors (Lipinski definition) is 0. The topological polar surface area (TPSA) is 34.0 Å². The van der Waals surface area contributed by atoms with Gasteiger partial charge in [0.05, 0.1) is 23.5 Å².